The number of carbonyl (C=O) groups is 3. The van der Waals surface area contributed by atoms with Gasteiger partial charge in [-0.1, -0.05) is 62.0 Å². The van der Waals surface area contributed by atoms with Crippen molar-refractivity contribution >= 4 is 34.9 Å². The molecule has 0 atom stereocenters. The molecule has 0 radical (unpaired) electrons. The second kappa shape index (κ2) is 11.9. The lowest BCUT2D eigenvalue weighted by Gasteiger charge is -2.18. The van der Waals surface area contributed by atoms with Crippen LogP contribution in [-0.4, -0.2) is 45.8 Å². The van der Waals surface area contributed by atoms with Crippen molar-refractivity contribution in [3.05, 3.63) is 94.0 Å². The zero-order valence-corrected chi connectivity index (χ0v) is 21.8. The first-order chi connectivity index (χ1) is 18.3. The highest BCUT2D eigenvalue weighted by Gasteiger charge is 2.30. The Morgan fingerprint density at radius 2 is 1.87 bits per heavy atom. The van der Waals surface area contributed by atoms with Crippen molar-refractivity contribution in [2.75, 3.05) is 13.2 Å². The van der Waals surface area contributed by atoms with Crippen LogP contribution in [0.1, 0.15) is 56.3 Å². The van der Waals surface area contributed by atoms with Crippen molar-refractivity contribution < 1.29 is 29.0 Å². The van der Waals surface area contributed by atoms with Gasteiger partial charge >= 0.3 is 5.97 Å². The van der Waals surface area contributed by atoms with Gasteiger partial charge in [-0.3, -0.25) is 9.59 Å². The molecule has 0 bridgehead atoms. The fourth-order valence-electron chi connectivity index (χ4n) is 4.31. The van der Waals surface area contributed by atoms with Crippen LogP contribution in [0.5, 0.6) is 11.5 Å². The topological polar surface area (TPSA) is 119 Å². The van der Waals surface area contributed by atoms with Gasteiger partial charge in [0, 0.05) is 23.2 Å². The number of fused-ring (bicyclic) bond motifs is 1. The third kappa shape index (κ3) is 6.00. The van der Waals surface area contributed by atoms with Crippen LogP contribution >= 0.6 is 12.2 Å². The molecule has 9 heteroatoms. The van der Waals surface area contributed by atoms with E-state index in [0.717, 1.165) is 11.1 Å². The monoisotopic (exact) mass is 532 g/mol. The summed E-state index contributed by atoms with van der Waals surface area (Å²) in [7, 11) is 0. The number of carbonyl (C=O) groups excluding carboxylic acids is 3. The number of esters is 1. The molecule has 1 heterocycles. The van der Waals surface area contributed by atoms with Gasteiger partial charge in [0.25, 0.3) is 5.91 Å². The molecule has 8 nitrogen and oxygen atoms in total. The van der Waals surface area contributed by atoms with Crippen LogP contribution in [0.3, 0.4) is 0 Å². The Morgan fingerprint density at radius 1 is 1.11 bits per heavy atom. The number of hydrogen-bond donors (Lipinski definition) is 2. The molecule has 196 valence electrons. The van der Waals surface area contributed by atoms with Crippen molar-refractivity contribution in [1.82, 2.24) is 4.90 Å². The zero-order chi connectivity index (χ0) is 27.2. The molecule has 0 saturated heterocycles. The van der Waals surface area contributed by atoms with E-state index in [1.54, 1.807) is 24.3 Å². The first-order valence-corrected chi connectivity index (χ1v) is 12.6. The molecule has 0 fully saturated rings. The molecule has 1 aliphatic heterocycles. The molecule has 0 aromatic heterocycles. The van der Waals surface area contributed by atoms with E-state index in [4.69, 9.17) is 27.4 Å². The number of aromatic hydroxyl groups is 1. The van der Waals surface area contributed by atoms with E-state index in [0.29, 0.717) is 35.3 Å². The highest BCUT2D eigenvalue weighted by Crippen LogP contribution is 2.34. The highest BCUT2D eigenvalue weighted by atomic mass is 32.1. The third-order valence-electron chi connectivity index (χ3n) is 6.23. The normalized spacial score (nSPS) is 12.2. The van der Waals surface area contributed by atoms with Crippen LogP contribution in [0.15, 0.2) is 60.7 Å². The minimum absolute atomic E-state index is 0.0834. The molecule has 3 aromatic rings. The Morgan fingerprint density at radius 3 is 2.58 bits per heavy atom. The number of nitrogens with two attached hydrogens (primary N) is 1. The predicted molar refractivity (Wildman–Crippen MR) is 145 cm³/mol. The number of hydrogen-bond acceptors (Lipinski definition) is 7. The van der Waals surface area contributed by atoms with Crippen LogP contribution in [0, 0.1) is 0 Å². The molecular formula is C29H28N2O6S. The zero-order valence-electron chi connectivity index (χ0n) is 20.9. The second-order valence-electron chi connectivity index (χ2n) is 8.94. The lowest BCUT2D eigenvalue weighted by molar-refractivity contribution is -0.147. The van der Waals surface area contributed by atoms with Gasteiger partial charge in [-0.25, -0.2) is 4.79 Å². The molecule has 0 unspecified atom stereocenters. The number of nitrogens with zero attached hydrogens (tertiary/aromatic N) is 1. The maximum Gasteiger partial charge on any atom is 0.344 e. The van der Waals surface area contributed by atoms with Crippen molar-refractivity contribution in [3.63, 3.8) is 0 Å². The molecule has 0 saturated carbocycles. The second-order valence-corrected chi connectivity index (χ2v) is 9.38. The van der Waals surface area contributed by atoms with Gasteiger partial charge in [0.05, 0.1) is 12.1 Å². The summed E-state index contributed by atoms with van der Waals surface area (Å²) in [6.45, 7) is 1.74. The van der Waals surface area contributed by atoms with Crippen LogP contribution in [0.4, 0.5) is 0 Å². The Labute approximate surface area is 226 Å². The summed E-state index contributed by atoms with van der Waals surface area (Å²) in [5, 5.41) is 11.0. The molecule has 3 aromatic carbocycles. The van der Waals surface area contributed by atoms with Crippen molar-refractivity contribution in [2.24, 2.45) is 5.73 Å². The highest BCUT2D eigenvalue weighted by molar-refractivity contribution is 7.80. The fraction of sp³-hybridized carbons (Fsp3) is 0.241. The van der Waals surface area contributed by atoms with Crippen molar-refractivity contribution in [1.29, 1.82) is 0 Å². The molecule has 1 amide bonds. The number of phenols is 1. The summed E-state index contributed by atoms with van der Waals surface area (Å²) < 4.78 is 10.9. The Kier molecular flexibility index (Phi) is 8.38. The molecular weight excluding hydrogens is 504 g/mol. The number of rotatable bonds is 11. The Hall–Kier alpha value is -4.24. The largest absolute Gasteiger partial charge is 0.507 e. The summed E-state index contributed by atoms with van der Waals surface area (Å²) in [6, 6.07) is 17.4. The average Bonchev–Trinajstić information content (AvgIpc) is 3.22. The summed E-state index contributed by atoms with van der Waals surface area (Å²) in [6.07, 6.45) is 1.10. The number of Topliss-reactive ketones (excluding diaryl/α,β-unsaturated/α-hetero) is 1. The molecule has 4 rings (SSSR count). The van der Waals surface area contributed by atoms with Crippen LogP contribution in [0.2, 0.25) is 0 Å². The van der Waals surface area contributed by atoms with Crippen LogP contribution < -0.4 is 10.5 Å². The molecule has 1 aliphatic rings. The van der Waals surface area contributed by atoms with Gasteiger partial charge in [-0.2, -0.15) is 0 Å². The summed E-state index contributed by atoms with van der Waals surface area (Å²) in [5.74, 6) is -1.16. The fourth-order valence-corrected chi connectivity index (χ4v) is 4.43. The number of thiocarbonyl (C=S) groups is 1. The maximum absolute atomic E-state index is 13.1. The SMILES string of the molecule is CCCc1c(OCC(=O)OCc2ccccc2)ccc(C(=O)CN2Cc3cc(C(N)=S)ccc3C2=O)c1O. The van der Waals surface area contributed by atoms with E-state index in [9.17, 15) is 19.5 Å². The van der Waals surface area contributed by atoms with Crippen LogP contribution in [-0.2, 0) is 29.1 Å². The van der Waals surface area contributed by atoms with Crippen molar-refractivity contribution in [3.8, 4) is 11.5 Å². The lowest BCUT2D eigenvalue weighted by atomic mass is 10.0. The number of ketones is 1. The van der Waals surface area contributed by atoms with E-state index < -0.39 is 11.8 Å². The predicted octanol–water partition coefficient (Wildman–Crippen LogP) is 3.94. The van der Waals surface area contributed by atoms with Gasteiger partial charge in [0.2, 0.25) is 0 Å². The van der Waals surface area contributed by atoms with E-state index in [1.165, 1.54) is 11.0 Å². The standard InChI is InChI=1S/C29H28N2O6S/c1-2-6-23-25(36-17-26(33)37-16-18-7-4-3-5-8-18)12-11-22(27(23)34)24(32)15-31-14-20-13-19(28(30)38)9-10-21(20)29(31)35/h3-5,7-13,34H,2,6,14-17H2,1H3,(H2,30,38). The lowest BCUT2D eigenvalue weighted by Crippen LogP contribution is -2.30. The maximum atomic E-state index is 13.1. The first-order valence-electron chi connectivity index (χ1n) is 12.2. The van der Waals surface area contributed by atoms with E-state index in [1.807, 2.05) is 37.3 Å². The summed E-state index contributed by atoms with van der Waals surface area (Å²) in [4.78, 5) is 39.8. The average molecular weight is 533 g/mol. The number of benzene rings is 3. The van der Waals surface area contributed by atoms with Gasteiger partial charge < -0.3 is 25.2 Å². The van der Waals surface area contributed by atoms with E-state index >= 15 is 0 Å². The molecule has 0 aliphatic carbocycles. The first kappa shape index (κ1) is 26.8. The molecule has 3 N–H and O–H groups in total. The summed E-state index contributed by atoms with van der Waals surface area (Å²) in [5.41, 5.74) is 8.95. The minimum Gasteiger partial charge on any atom is -0.507 e. The van der Waals surface area contributed by atoms with Gasteiger partial charge in [0.1, 0.15) is 23.1 Å². The number of phenolic OH excluding ortho intramolecular Hbond substituents is 1. The van der Waals surface area contributed by atoms with Crippen LogP contribution in [0.25, 0.3) is 0 Å². The van der Waals surface area contributed by atoms with Gasteiger partial charge in [0.15, 0.2) is 12.4 Å². The third-order valence-corrected chi connectivity index (χ3v) is 6.47. The summed E-state index contributed by atoms with van der Waals surface area (Å²) >= 11 is 5.01. The quantitative estimate of drug-likeness (QED) is 0.217. The van der Waals surface area contributed by atoms with E-state index in [2.05, 4.69) is 0 Å². The number of amides is 1. The smallest absolute Gasteiger partial charge is 0.344 e. The van der Waals surface area contributed by atoms with E-state index in [-0.39, 0.29) is 48.5 Å². The molecule has 38 heavy (non-hydrogen) atoms. The minimum atomic E-state index is -0.554. The Balaban J connectivity index is 1.43. The van der Waals surface area contributed by atoms with Gasteiger partial charge in [-0.05, 0) is 41.8 Å². The number of ether oxygens (including phenoxy) is 2. The van der Waals surface area contributed by atoms with Crippen molar-refractivity contribution in [2.45, 2.75) is 32.9 Å². The molecule has 0 spiro atoms. The Bertz CT molecular complexity index is 1390. The van der Waals surface area contributed by atoms with Gasteiger partial charge in [-0.15, -0.1) is 0 Å².